The Hall–Kier alpha value is -3.59. The minimum Gasteiger partial charge on any atom is -0.380 e. The molecule has 1 fully saturated rings. The first-order chi connectivity index (χ1) is 15.9. The second kappa shape index (κ2) is 8.40. The van der Waals surface area contributed by atoms with Crippen molar-refractivity contribution in [1.82, 2.24) is 15.0 Å². The average molecular weight is 449 g/mol. The van der Waals surface area contributed by atoms with Gasteiger partial charge < -0.3 is 15.0 Å². The smallest absolute Gasteiger partial charge is 0.324 e. The van der Waals surface area contributed by atoms with Crippen LogP contribution in [0.2, 0.25) is 0 Å². The van der Waals surface area contributed by atoms with Crippen molar-refractivity contribution in [2.24, 2.45) is 5.41 Å². The Kier molecular flexibility index (Phi) is 5.41. The molecule has 2 amide bonds. The Morgan fingerprint density at radius 2 is 2.06 bits per heavy atom. The molecule has 5 rings (SSSR count). The molecule has 0 unspecified atom stereocenters. The maximum Gasteiger partial charge on any atom is 0.324 e. The van der Waals surface area contributed by atoms with Crippen LogP contribution in [0.5, 0.6) is 0 Å². The van der Waals surface area contributed by atoms with Gasteiger partial charge in [-0.1, -0.05) is 6.92 Å². The van der Waals surface area contributed by atoms with Gasteiger partial charge in [0.1, 0.15) is 5.82 Å². The van der Waals surface area contributed by atoms with Crippen molar-refractivity contribution in [3.8, 4) is 11.3 Å². The molecule has 0 saturated carbocycles. The summed E-state index contributed by atoms with van der Waals surface area (Å²) in [6.07, 6.45) is 5.36. The third-order valence-corrected chi connectivity index (χ3v) is 5.92. The van der Waals surface area contributed by atoms with Crippen LogP contribution in [0.15, 0.2) is 42.9 Å². The van der Waals surface area contributed by atoms with Crippen molar-refractivity contribution in [2.45, 2.75) is 20.3 Å². The van der Waals surface area contributed by atoms with Crippen molar-refractivity contribution < 1.29 is 13.9 Å². The van der Waals surface area contributed by atoms with Gasteiger partial charge in [0.25, 0.3) is 0 Å². The first-order valence-electron chi connectivity index (χ1n) is 10.9. The van der Waals surface area contributed by atoms with Gasteiger partial charge in [0, 0.05) is 29.8 Å². The van der Waals surface area contributed by atoms with Crippen LogP contribution in [-0.4, -0.2) is 47.3 Å². The Labute approximate surface area is 191 Å². The number of rotatable bonds is 5. The number of carbonyl (C=O) groups is 1. The molecule has 33 heavy (non-hydrogen) atoms. The highest BCUT2D eigenvalue weighted by Crippen LogP contribution is 2.38. The zero-order chi connectivity index (χ0) is 23.0. The van der Waals surface area contributed by atoms with E-state index in [-0.39, 0.29) is 17.1 Å². The number of amides is 2. The van der Waals surface area contributed by atoms with Crippen molar-refractivity contribution in [2.75, 3.05) is 41.8 Å². The van der Waals surface area contributed by atoms with Gasteiger partial charge in [0.05, 0.1) is 48.9 Å². The highest BCUT2D eigenvalue weighted by atomic mass is 19.1. The fourth-order valence-corrected chi connectivity index (χ4v) is 4.26. The molecule has 0 spiro atoms. The van der Waals surface area contributed by atoms with E-state index in [0.29, 0.717) is 35.8 Å². The molecule has 9 heteroatoms. The fourth-order valence-electron chi connectivity index (χ4n) is 4.26. The fraction of sp³-hybridized carbons (Fsp3) is 0.333. The predicted octanol–water partition coefficient (Wildman–Crippen LogP) is 4.03. The molecule has 2 aliphatic rings. The molecule has 0 atom stereocenters. The number of aromatic nitrogens is 3. The highest BCUT2D eigenvalue weighted by Gasteiger charge is 2.37. The molecule has 0 aliphatic carbocycles. The summed E-state index contributed by atoms with van der Waals surface area (Å²) in [7, 11) is 0. The number of aryl methyl sites for hydroxylation is 1. The van der Waals surface area contributed by atoms with E-state index in [9.17, 15) is 4.79 Å². The van der Waals surface area contributed by atoms with Crippen LogP contribution in [-0.2, 0) is 11.2 Å². The van der Waals surface area contributed by atoms with Crippen molar-refractivity contribution >= 4 is 23.2 Å². The summed E-state index contributed by atoms with van der Waals surface area (Å²) in [4.78, 5) is 27.2. The maximum atomic E-state index is 15.2. The second-order valence-electron chi connectivity index (χ2n) is 9.00. The van der Waals surface area contributed by atoms with Crippen LogP contribution in [0.4, 0.5) is 26.4 Å². The maximum absolute atomic E-state index is 15.2. The van der Waals surface area contributed by atoms with E-state index in [1.54, 1.807) is 24.5 Å². The van der Waals surface area contributed by atoms with E-state index in [1.165, 1.54) is 12.3 Å². The van der Waals surface area contributed by atoms with E-state index in [2.05, 4.69) is 37.4 Å². The third kappa shape index (κ3) is 4.49. The van der Waals surface area contributed by atoms with Gasteiger partial charge in [-0.2, -0.15) is 0 Å². The number of benzene rings is 1. The van der Waals surface area contributed by atoms with E-state index in [0.717, 1.165) is 30.8 Å². The number of pyridine rings is 1. The summed E-state index contributed by atoms with van der Waals surface area (Å²) in [5.74, 6) is -0.000805. The summed E-state index contributed by atoms with van der Waals surface area (Å²) in [6.45, 7) is 7.02. The number of nitrogens with one attached hydrogen (secondary N) is 2. The van der Waals surface area contributed by atoms with Crippen LogP contribution < -0.4 is 15.5 Å². The lowest BCUT2D eigenvalue weighted by Crippen LogP contribution is -2.48. The zero-order valence-electron chi connectivity index (χ0n) is 18.6. The molecule has 3 aromatic rings. The Morgan fingerprint density at radius 1 is 1.21 bits per heavy atom. The number of ether oxygens (including phenoxy) is 1. The Morgan fingerprint density at radius 3 is 2.79 bits per heavy atom. The summed E-state index contributed by atoms with van der Waals surface area (Å²) < 4.78 is 20.5. The number of fused-ring (bicyclic) bond motifs is 1. The molecular formula is C24H25FN6O2. The first kappa shape index (κ1) is 21.3. The average Bonchev–Trinajstić information content (AvgIpc) is 3.17. The molecule has 1 saturated heterocycles. The van der Waals surface area contributed by atoms with Gasteiger partial charge in [-0.3, -0.25) is 15.3 Å². The zero-order valence-corrected chi connectivity index (χ0v) is 18.6. The van der Waals surface area contributed by atoms with Crippen LogP contribution in [0, 0.1) is 18.2 Å². The largest absolute Gasteiger partial charge is 0.380 e. The molecule has 2 N–H and O–H groups in total. The minimum absolute atomic E-state index is 0.0768. The van der Waals surface area contributed by atoms with Gasteiger partial charge in [0.2, 0.25) is 0 Å². The SMILES string of the molecule is Cc1ccc(NC(=O)Nc2cncc(-c3cc(F)c4c(c3)CCN4CC3(C)COC3)n2)cn1. The van der Waals surface area contributed by atoms with Gasteiger partial charge in [0.15, 0.2) is 5.82 Å². The predicted molar refractivity (Wildman–Crippen MR) is 124 cm³/mol. The van der Waals surface area contributed by atoms with Gasteiger partial charge in [-0.25, -0.2) is 14.2 Å². The van der Waals surface area contributed by atoms with Gasteiger partial charge in [-0.05, 0) is 43.2 Å². The number of hydrogen-bond acceptors (Lipinski definition) is 6. The summed E-state index contributed by atoms with van der Waals surface area (Å²) >= 11 is 0. The standard InChI is InChI=1S/C24H25FN6O2/c1-15-3-4-18(9-27-15)28-23(32)30-21-11-26-10-20(29-21)17-7-16-5-6-31(22(16)19(25)8-17)12-24(2)13-33-14-24/h3-4,7-11H,5-6,12-14H2,1-2H3,(H2,28,29,30,32). The van der Waals surface area contributed by atoms with Gasteiger partial charge in [-0.15, -0.1) is 0 Å². The van der Waals surface area contributed by atoms with Crippen LogP contribution in [0.1, 0.15) is 18.2 Å². The van der Waals surface area contributed by atoms with Crippen LogP contribution >= 0.6 is 0 Å². The van der Waals surface area contributed by atoms with Crippen molar-refractivity contribution in [3.63, 3.8) is 0 Å². The summed E-state index contributed by atoms with van der Waals surface area (Å²) in [6, 6.07) is 6.56. The second-order valence-corrected chi connectivity index (χ2v) is 9.00. The van der Waals surface area contributed by atoms with E-state index < -0.39 is 6.03 Å². The molecule has 2 aliphatic heterocycles. The number of carbonyl (C=O) groups excluding carboxylic acids is 1. The van der Waals surface area contributed by atoms with Gasteiger partial charge >= 0.3 is 6.03 Å². The number of urea groups is 1. The van der Waals surface area contributed by atoms with E-state index >= 15 is 4.39 Å². The third-order valence-electron chi connectivity index (χ3n) is 5.92. The first-order valence-corrected chi connectivity index (χ1v) is 10.9. The lowest BCUT2D eigenvalue weighted by atomic mass is 9.88. The highest BCUT2D eigenvalue weighted by molar-refractivity contribution is 5.99. The topological polar surface area (TPSA) is 92.3 Å². The number of nitrogens with zero attached hydrogens (tertiary/aromatic N) is 4. The van der Waals surface area contributed by atoms with E-state index in [4.69, 9.17) is 4.74 Å². The molecule has 8 nitrogen and oxygen atoms in total. The molecule has 170 valence electrons. The number of halogens is 1. The summed E-state index contributed by atoms with van der Waals surface area (Å²) in [5, 5.41) is 5.36. The Bertz CT molecular complexity index is 1200. The minimum atomic E-state index is -0.462. The van der Waals surface area contributed by atoms with Crippen LogP contribution in [0.25, 0.3) is 11.3 Å². The lowest BCUT2D eigenvalue weighted by molar-refractivity contribution is -0.0954. The lowest BCUT2D eigenvalue weighted by Gasteiger charge is -2.41. The molecule has 4 heterocycles. The number of anilines is 3. The van der Waals surface area contributed by atoms with Crippen LogP contribution in [0.3, 0.4) is 0 Å². The molecule has 0 bridgehead atoms. The molecule has 0 radical (unpaired) electrons. The van der Waals surface area contributed by atoms with Crippen molar-refractivity contribution in [1.29, 1.82) is 0 Å². The quantitative estimate of drug-likeness (QED) is 0.612. The Balaban J connectivity index is 1.32. The van der Waals surface area contributed by atoms with E-state index in [1.807, 2.05) is 13.0 Å². The summed E-state index contributed by atoms with van der Waals surface area (Å²) in [5.41, 5.74) is 4.24. The molecule has 1 aromatic carbocycles. The monoisotopic (exact) mass is 448 g/mol. The number of hydrogen-bond donors (Lipinski definition) is 2. The van der Waals surface area contributed by atoms with Crippen molar-refractivity contribution in [3.05, 3.63) is 59.9 Å². The molecular weight excluding hydrogens is 423 g/mol. The molecule has 2 aromatic heterocycles. The normalized spacial score (nSPS) is 16.2.